The van der Waals surface area contributed by atoms with Gasteiger partial charge in [0, 0.05) is 5.56 Å². The van der Waals surface area contributed by atoms with Gasteiger partial charge in [0.1, 0.15) is 6.42 Å². The van der Waals surface area contributed by atoms with Gasteiger partial charge in [0.2, 0.25) is 0 Å². The molecule has 0 fully saturated rings. The SMILES string of the molecule is COC(=O)CC(=O)c1ccc(C(C)C)cc1C(C)C. The zero-order valence-corrected chi connectivity index (χ0v) is 12.3. The van der Waals surface area contributed by atoms with Crippen LogP contribution in [0.3, 0.4) is 0 Å². The lowest BCUT2D eigenvalue weighted by Gasteiger charge is -2.15. The zero-order chi connectivity index (χ0) is 14.6. The molecule has 0 saturated carbocycles. The van der Waals surface area contributed by atoms with Gasteiger partial charge in [-0.1, -0.05) is 45.9 Å². The van der Waals surface area contributed by atoms with Crippen molar-refractivity contribution in [1.82, 2.24) is 0 Å². The van der Waals surface area contributed by atoms with E-state index in [1.807, 2.05) is 26.0 Å². The van der Waals surface area contributed by atoms with Crippen molar-refractivity contribution in [3.05, 3.63) is 34.9 Å². The molecule has 0 bridgehead atoms. The monoisotopic (exact) mass is 262 g/mol. The molecular weight excluding hydrogens is 240 g/mol. The zero-order valence-electron chi connectivity index (χ0n) is 12.3. The van der Waals surface area contributed by atoms with Crippen molar-refractivity contribution in [3.63, 3.8) is 0 Å². The van der Waals surface area contributed by atoms with Crippen LogP contribution in [0.4, 0.5) is 0 Å². The average Bonchev–Trinajstić information content (AvgIpc) is 2.37. The van der Waals surface area contributed by atoms with E-state index in [1.54, 1.807) is 0 Å². The molecule has 1 aromatic carbocycles. The van der Waals surface area contributed by atoms with Gasteiger partial charge < -0.3 is 4.74 Å². The number of benzene rings is 1. The number of hydrogen-bond acceptors (Lipinski definition) is 3. The highest BCUT2D eigenvalue weighted by Gasteiger charge is 2.18. The van der Waals surface area contributed by atoms with Crippen molar-refractivity contribution < 1.29 is 14.3 Å². The summed E-state index contributed by atoms with van der Waals surface area (Å²) in [6.45, 7) is 8.34. The van der Waals surface area contributed by atoms with Gasteiger partial charge in [0.25, 0.3) is 0 Å². The highest BCUT2D eigenvalue weighted by Crippen LogP contribution is 2.25. The Morgan fingerprint density at radius 2 is 1.74 bits per heavy atom. The molecule has 104 valence electrons. The van der Waals surface area contributed by atoms with E-state index >= 15 is 0 Å². The third kappa shape index (κ3) is 3.91. The first-order chi connectivity index (χ1) is 8.86. The Hall–Kier alpha value is -1.64. The molecule has 3 heteroatoms. The molecule has 0 radical (unpaired) electrons. The van der Waals surface area contributed by atoms with Crippen LogP contribution in [0.5, 0.6) is 0 Å². The van der Waals surface area contributed by atoms with E-state index in [4.69, 9.17) is 0 Å². The molecule has 3 nitrogen and oxygen atoms in total. The number of carbonyl (C=O) groups is 2. The number of rotatable bonds is 5. The molecule has 1 rings (SSSR count). The molecule has 0 N–H and O–H groups in total. The molecule has 0 aliphatic carbocycles. The van der Waals surface area contributed by atoms with Crippen molar-refractivity contribution in [2.24, 2.45) is 0 Å². The maximum absolute atomic E-state index is 12.1. The summed E-state index contributed by atoms with van der Waals surface area (Å²) in [6, 6.07) is 5.86. The van der Waals surface area contributed by atoms with Crippen LogP contribution in [0.1, 0.15) is 67.4 Å². The van der Waals surface area contributed by atoms with E-state index < -0.39 is 5.97 Å². The largest absolute Gasteiger partial charge is 0.469 e. The fourth-order valence-electron chi connectivity index (χ4n) is 1.97. The van der Waals surface area contributed by atoms with Crippen molar-refractivity contribution in [2.45, 2.75) is 46.0 Å². The topological polar surface area (TPSA) is 43.4 Å². The second-order valence-electron chi connectivity index (χ2n) is 5.33. The molecule has 0 heterocycles. The molecule has 0 aliphatic rings. The predicted octanol–water partition coefficient (Wildman–Crippen LogP) is 3.68. The van der Waals surface area contributed by atoms with E-state index in [0.29, 0.717) is 11.5 Å². The van der Waals surface area contributed by atoms with Crippen LogP contribution < -0.4 is 0 Å². The van der Waals surface area contributed by atoms with Crippen LogP contribution >= 0.6 is 0 Å². The number of methoxy groups -OCH3 is 1. The summed E-state index contributed by atoms with van der Waals surface area (Å²) >= 11 is 0. The molecule has 19 heavy (non-hydrogen) atoms. The molecule has 0 atom stereocenters. The Bertz CT molecular complexity index is 473. The fourth-order valence-corrected chi connectivity index (χ4v) is 1.97. The van der Waals surface area contributed by atoms with Crippen molar-refractivity contribution in [3.8, 4) is 0 Å². The van der Waals surface area contributed by atoms with Gasteiger partial charge >= 0.3 is 5.97 Å². The average molecular weight is 262 g/mol. The lowest BCUT2D eigenvalue weighted by atomic mass is 9.89. The number of hydrogen-bond donors (Lipinski definition) is 0. The smallest absolute Gasteiger partial charge is 0.313 e. The van der Waals surface area contributed by atoms with Gasteiger partial charge in [-0.3, -0.25) is 9.59 Å². The summed E-state index contributed by atoms with van der Waals surface area (Å²) in [5, 5.41) is 0. The Morgan fingerprint density at radius 3 is 2.21 bits per heavy atom. The maximum Gasteiger partial charge on any atom is 0.313 e. The number of ketones is 1. The van der Waals surface area contributed by atoms with Crippen LogP contribution in [-0.2, 0) is 9.53 Å². The minimum Gasteiger partial charge on any atom is -0.469 e. The van der Waals surface area contributed by atoms with Gasteiger partial charge in [-0.25, -0.2) is 0 Å². The minimum atomic E-state index is -0.493. The molecular formula is C16H22O3. The van der Waals surface area contributed by atoms with Gasteiger partial charge in [-0.2, -0.15) is 0 Å². The second kappa shape index (κ2) is 6.50. The summed E-state index contributed by atoms with van der Waals surface area (Å²) < 4.78 is 4.54. The number of carbonyl (C=O) groups excluding carboxylic acids is 2. The van der Waals surface area contributed by atoms with Gasteiger partial charge in [-0.15, -0.1) is 0 Å². The van der Waals surface area contributed by atoms with Gasteiger partial charge in [0.15, 0.2) is 5.78 Å². The van der Waals surface area contributed by atoms with Crippen LogP contribution in [0.2, 0.25) is 0 Å². The molecule has 0 aliphatic heterocycles. The Labute approximate surface area is 115 Å². The first kappa shape index (κ1) is 15.4. The summed E-state index contributed by atoms with van der Waals surface area (Å²) in [5.74, 6) is -0.00365. The lowest BCUT2D eigenvalue weighted by Crippen LogP contribution is -2.12. The quantitative estimate of drug-likeness (QED) is 0.462. The summed E-state index contributed by atoms with van der Waals surface area (Å²) in [4.78, 5) is 23.3. The predicted molar refractivity (Wildman–Crippen MR) is 75.6 cm³/mol. The van der Waals surface area contributed by atoms with E-state index in [0.717, 1.165) is 5.56 Å². The van der Waals surface area contributed by atoms with Crippen molar-refractivity contribution in [1.29, 1.82) is 0 Å². The molecule has 0 saturated heterocycles. The maximum atomic E-state index is 12.1. The lowest BCUT2D eigenvalue weighted by molar-refractivity contribution is -0.139. The highest BCUT2D eigenvalue weighted by atomic mass is 16.5. The minimum absolute atomic E-state index is 0.175. The summed E-state index contributed by atoms with van der Waals surface area (Å²) in [5.41, 5.74) is 2.84. The van der Waals surface area contributed by atoms with E-state index in [9.17, 15) is 9.59 Å². The normalized spacial score (nSPS) is 10.9. The first-order valence-corrected chi connectivity index (χ1v) is 6.60. The number of ether oxygens (including phenoxy) is 1. The summed E-state index contributed by atoms with van der Waals surface area (Å²) in [6.07, 6.45) is -0.197. The van der Waals surface area contributed by atoms with E-state index in [1.165, 1.54) is 12.7 Å². The molecule has 0 amide bonds. The first-order valence-electron chi connectivity index (χ1n) is 6.60. The van der Waals surface area contributed by atoms with Crippen LogP contribution in [-0.4, -0.2) is 18.9 Å². The number of Topliss-reactive ketones (excluding diaryl/α,β-unsaturated/α-hetero) is 1. The summed E-state index contributed by atoms with van der Waals surface area (Å²) in [7, 11) is 1.29. The van der Waals surface area contributed by atoms with E-state index in [2.05, 4.69) is 24.7 Å². The van der Waals surface area contributed by atoms with Crippen LogP contribution in [0.15, 0.2) is 18.2 Å². The molecule has 0 spiro atoms. The van der Waals surface area contributed by atoms with Crippen molar-refractivity contribution in [2.75, 3.05) is 7.11 Å². The second-order valence-corrected chi connectivity index (χ2v) is 5.33. The Balaban J connectivity index is 3.13. The van der Waals surface area contributed by atoms with Crippen LogP contribution in [0.25, 0.3) is 0 Å². The highest BCUT2D eigenvalue weighted by molar-refractivity contribution is 6.06. The van der Waals surface area contributed by atoms with Crippen LogP contribution in [0, 0.1) is 0 Å². The van der Waals surface area contributed by atoms with E-state index in [-0.39, 0.29) is 18.1 Å². The molecule has 0 aromatic heterocycles. The molecule has 0 unspecified atom stereocenters. The third-order valence-corrected chi connectivity index (χ3v) is 3.20. The Kier molecular flexibility index (Phi) is 5.28. The third-order valence-electron chi connectivity index (χ3n) is 3.20. The standard InChI is InChI=1S/C16H22O3/c1-10(2)12-6-7-13(14(8-12)11(3)4)15(17)9-16(18)19-5/h6-8,10-11H,9H2,1-5H3. The molecule has 1 aromatic rings. The number of esters is 1. The van der Waals surface area contributed by atoms with Gasteiger partial charge in [0.05, 0.1) is 7.11 Å². The Morgan fingerprint density at radius 1 is 1.11 bits per heavy atom. The fraction of sp³-hybridized carbons (Fsp3) is 0.500. The van der Waals surface area contributed by atoms with Gasteiger partial charge in [-0.05, 0) is 23.0 Å². The van der Waals surface area contributed by atoms with Crippen molar-refractivity contribution >= 4 is 11.8 Å².